The highest BCUT2D eigenvalue weighted by molar-refractivity contribution is 4.90. The van der Waals surface area contributed by atoms with E-state index in [9.17, 15) is 0 Å². The Hall–Kier alpha value is -0.0800. The van der Waals surface area contributed by atoms with Crippen LogP contribution in [-0.2, 0) is 4.74 Å². The zero-order valence-corrected chi connectivity index (χ0v) is 14.5. The van der Waals surface area contributed by atoms with Crippen molar-refractivity contribution in [1.29, 1.82) is 0 Å². The van der Waals surface area contributed by atoms with Gasteiger partial charge in [0.05, 0.1) is 6.10 Å². The van der Waals surface area contributed by atoms with E-state index in [1.807, 2.05) is 0 Å². The van der Waals surface area contributed by atoms with Crippen LogP contribution >= 0.6 is 0 Å². The summed E-state index contributed by atoms with van der Waals surface area (Å²) in [6.07, 6.45) is 10.7. The summed E-state index contributed by atoms with van der Waals surface area (Å²) < 4.78 is 6.24. The fourth-order valence-electron chi connectivity index (χ4n) is 3.41. The number of nitrogens with one attached hydrogen (secondary N) is 1. The molecule has 3 atom stereocenters. The minimum atomic E-state index is 0.422. The van der Waals surface area contributed by atoms with E-state index >= 15 is 0 Å². The van der Waals surface area contributed by atoms with Gasteiger partial charge in [-0.15, -0.1) is 0 Å². The number of likely N-dealkylation sites (N-methyl/N-ethyl adjacent to an activating group) is 1. The molecular weight excluding hydrogens is 246 g/mol. The molecule has 1 aliphatic rings. The van der Waals surface area contributed by atoms with E-state index in [1.165, 1.54) is 51.4 Å². The van der Waals surface area contributed by atoms with Gasteiger partial charge in [0.25, 0.3) is 0 Å². The van der Waals surface area contributed by atoms with Gasteiger partial charge in [-0.1, -0.05) is 53.4 Å². The molecule has 3 unspecified atom stereocenters. The van der Waals surface area contributed by atoms with Gasteiger partial charge in [0.15, 0.2) is 0 Å². The first kappa shape index (κ1) is 18.0. The molecule has 1 aliphatic carbocycles. The lowest BCUT2D eigenvalue weighted by Gasteiger charge is -2.43. The lowest BCUT2D eigenvalue weighted by Crippen LogP contribution is -2.46. The van der Waals surface area contributed by atoms with E-state index in [2.05, 4.69) is 40.1 Å². The Balaban J connectivity index is 2.43. The molecule has 0 heterocycles. The smallest absolute Gasteiger partial charge is 0.0730 e. The van der Waals surface area contributed by atoms with Crippen molar-refractivity contribution in [2.45, 2.75) is 91.2 Å². The third-order valence-electron chi connectivity index (χ3n) is 5.51. The van der Waals surface area contributed by atoms with Gasteiger partial charge in [-0.05, 0) is 44.1 Å². The molecule has 1 N–H and O–H groups in total. The van der Waals surface area contributed by atoms with Crippen LogP contribution in [0.1, 0.15) is 79.1 Å². The molecular formula is C18H37NO. The number of hydrogen-bond donors (Lipinski definition) is 1. The summed E-state index contributed by atoms with van der Waals surface area (Å²) in [6, 6.07) is 0.560. The number of ether oxygens (including phenoxy) is 1. The van der Waals surface area contributed by atoms with Gasteiger partial charge >= 0.3 is 0 Å². The van der Waals surface area contributed by atoms with Crippen LogP contribution in [0.4, 0.5) is 0 Å². The maximum atomic E-state index is 6.24. The molecule has 0 radical (unpaired) electrons. The molecule has 120 valence electrons. The van der Waals surface area contributed by atoms with Crippen molar-refractivity contribution in [1.82, 2.24) is 5.32 Å². The van der Waals surface area contributed by atoms with Crippen molar-refractivity contribution in [3.63, 3.8) is 0 Å². The molecule has 0 bridgehead atoms. The third-order valence-corrected chi connectivity index (χ3v) is 5.51. The second-order valence-electron chi connectivity index (χ2n) is 7.22. The topological polar surface area (TPSA) is 21.3 Å². The summed E-state index contributed by atoms with van der Waals surface area (Å²) in [4.78, 5) is 0. The van der Waals surface area contributed by atoms with Crippen molar-refractivity contribution >= 4 is 0 Å². The van der Waals surface area contributed by atoms with Crippen LogP contribution in [0.5, 0.6) is 0 Å². The molecule has 0 aromatic carbocycles. The van der Waals surface area contributed by atoms with Crippen molar-refractivity contribution < 1.29 is 4.74 Å². The van der Waals surface area contributed by atoms with E-state index < -0.39 is 0 Å². The van der Waals surface area contributed by atoms with E-state index in [4.69, 9.17) is 4.74 Å². The molecule has 2 heteroatoms. The molecule has 0 spiro atoms. The molecule has 1 fully saturated rings. The molecule has 1 rings (SSSR count). The van der Waals surface area contributed by atoms with Gasteiger partial charge < -0.3 is 10.1 Å². The minimum absolute atomic E-state index is 0.422. The highest BCUT2D eigenvalue weighted by Gasteiger charge is 2.37. The largest absolute Gasteiger partial charge is 0.377 e. The maximum Gasteiger partial charge on any atom is 0.0730 e. The highest BCUT2D eigenvalue weighted by Crippen LogP contribution is 2.41. The van der Waals surface area contributed by atoms with Gasteiger partial charge in [0, 0.05) is 12.6 Å². The van der Waals surface area contributed by atoms with Crippen LogP contribution in [0.25, 0.3) is 0 Å². The molecule has 0 aromatic rings. The summed E-state index contributed by atoms with van der Waals surface area (Å²) >= 11 is 0. The monoisotopic (exact) mass is 283 g/mol. The van der Waals surface area contributed by atoms with E-state index in [1.54, 1.807) is 0 Å². The Morgan fingerprint density at radius 3 is 2.45 bits per heavy atom. The molecule has 0 saturated heterocycles. The van der Waals surface area contributed by atoms with Crippen molar-refractivity contribution in [2.75, 3.05) is 13.7 Å². The van der Waals surface area contributed by atoms with Crippen molar-refractivity contribution in [3.8, 4) is 0 Å². The van der Waals surface area contributed by atoms with Gasteiger partial charge in [-0.3, -0.25) is 0 Å². The quantitative estimate of drug-likeness (QED) is 0.615. The standard InChI is InChI=1S/C18H37NO/c1-6-8-9-10-13-20-17-14-15(18(3,4)7-2)11-12-16(17)19-5/h15-17,19H,6-14H2,1-5H3. The fourth-order valence-corrected chi connectivity index (χ4v) is 3.41. The fraction of sp³-hybridized carbons (Fsp3) is 1.00. The Bertz CT molecular complexity index is 252. The summed E-state index contributed by atoms with van der Waals surface area (Å²) in [7, 11) is 2.09. The molecule has 2 nitrogen and oxygen atoms in total. The lowest BCUT2D eigenvalue weighted by molar-refractivity contribution is -0.0306. The average Bonchev–Trinajstić information content (AvgIpc) is 2.46. The number of unbranched alkanes of at least 4 members (excludes halogenated alkanes) is 3. The average molecular weight is 283 g/mol. The first-order chi connectivity index (χ1) is 9.55. The Morgan fingerprint density at radius 2 is 1.85 bits per heavy atom. The highest BCUT2D eigenvalue weighted by atomic mass is 16.5. The Labute approximate surface area is 127 Å². The van der Waals surface area contributed by atoms with Gasteiger partial charge in [-0.25, -0.2) is 0 Å². The van der Waals surface area contributed by atoms with Crippen LogP contribution < -0.4 is 5.32 Å². The Kier molecular flexibility index (Phi) is 8.13. The van der Waals surface area contributed by atoms with Crippen LogP contribution in [-0.4, -0.2) is 25.8 Å². The van der Waals surface area contributed by atoms with Crippen LogP contribution in [0.15, 0.2) is 0 Å². The molecule has 1 saturated carbocycles. The van der Waals surface area contributed by atoms with Crippen LogP contribution in [0.2, 0.25) is 0 Å². The summed E-state index contributed by atoms with van der Waals surface area (Å²) in [6.45, 7) is 10.4. The summed E-state index contributed by atoms with van der Waals surface area (Å²) in [5.74, 6) is 0.817. The zero-order chi connectivity index (χ0) is 15.0. The zero-order valence-electron chi connectivity index (χ0n) is 14.5. The molecule has 20 heavy (non-hydrogen) atoms. The predicted octanol–water partition coefficient (Wildman–Crippen LogP) is 4.78. The van der Waals surface area contributed by atoms with Gasteiger partial charge in [0.1, 0.15) is 0 Å². The van der Waals surface area contributed by atoms with Crippen molar-refractivity contribution in [3.05, 3.63) is 0 Å². The van der Waals surface area contributed by atoms with E-state index in [0.29, 0.717) is 17.6 Å². The van der Waals surface area contributed by atoms with E-state index in [0.717, 1.165) is 12.5 Å². The second-order valence-corrected chi connectivity index (χ2v) is 7.22. The maximum absolute atomic E-state index is 6.24. The SMILES string of the molecule is CCCCCCOC1CC(C(C)(C)CC)CCC1NC. The van der Waals surface area contributed by atoms with E-state index in [-0.39, 0.29) is 0 Å². The van der Waals surface area contributed by atoms with Crippen LogP contribution in [0.3, 0.4) is 0 Å². The van der Waals surface area contributed by atoms with Gasteiger partial charge in [0.2, 0.25) is 0 Å². The Morgan fingerprint density at radius 1 is 1.10 bits per heavy atom. The first-order valence-electron chi connectivity index (χ1n) is 8.84. The minimum Gasteiger partial charge on any atom is -0.377 e. The number of hydrogen-bond acceptors (Lipinski definition) is 2. The molecule has 0 amide bonds. The summed E-state index contributed by atoms with van der Waals surface area (Å²) in [5, 5.41) is 3.47. The predicted molar refractivity (Wildman–Crippen MR) is 88.1 cm³/mol. The molecule has 0 aromatic heterocycles. The van der Waals surface area contributed by atoms with Crippen LogP contribution in [0, 0.1) is 11.3 Å². The van der Waals surface area contributed by atoms with Crippen molar-refractivity contribution in [2.24, 2.45) is 11.3 Å². The first-order valence-corrected chi connectivity index (χ1v) is 8.84. The lowest BCUT2D eigenvalue weighted by atomic mass is 9.68. The molecule has 0 aliphatic heterocycles. The normalized spacial score (nSPS) is 27.8. The summed E-state index contributed by atoms with van der Waals surface area (Å²) in [5.41, 5.74) is 0.461. The second kappa shape index (κ2) is 9.04. The van der Waals surface area contributed by atoms with Gasteiger partial charge in [-0.2, -0.15) is 0 Å². The number of rotatable bonds is 9. The third kappa shape index (κ3) is 5.37.